The zero-order valence-electron chi connectivity index (χ0n) is 16.5. The van der Waals surface area contributed by atoms with Crippen LogP contribution in [0.2, 0.25) is 0 Å². The number of anilines is 2. The Kier molecular flexibility index (Phi) is 5.89. The quantitative estimate of drug-likeness (QED) is 0.630. The van der Waals surface area contributed by atoms with Crippen molar-refractivity contribution >= 4 is 17.3 Å². The van der Waals surface area contributed by atoms with E-state index in [2.05, 4.69) is 22.8 Å². The van der Waals surface area contributed by atoms with Crippen molar-refractivity contribution < 1.29 is 9.90 Å². The Morgan fingerprint density at radius 2 is 1.86 bits per heavy atom. The highest BCUT2D eigenvalue weighted by Crippen LogP contribution is 2.34. The molecule has 1 unspecified atom stereocenters. The Morgan fingerprint density at radius 3 is 2.43 bits per heavy atom. The molecule has 1 aliphatic carbocycles. The molecule has 0 saturated heterocycles. The number of benzene rings is 2. The minimum Gasteiger partial charge on any atom is -0.479 e. The summed E-state index contributed by atoms with van der Waals surface area (Å²) in [5.74, 6) is -0.920. The molecule has 0 amide bonds. The first-order valence-corrected chi connectivity index (χ1v) is 9.87. The number of hydrogen-bond acceptors (Lipinski definition) is 4. The van der Waals surface area contributed by atoms with E-state index < -0.39 is 11.5 Å². The van der Waals surface area contributed by atoms with Gasteiger partial charge in [0.2, 0.25) is 0 Å². The van der Waals surface area contributed by atoms with Crippen LogP contribution in [0.1, 0.15) is 55.7 Å². The maximum absolute atomic E-state index is 12.4. The van der Waals surface area contributed by atoms with Gasteiger partial charge in [0.1, 0.15) is 0 Å². The molecular formula is C23H27N3O2. The number of hydrogen-bond donors (Lipinski definition) is 3. The first-order chi connectivity index (χ1) is 13.5. The summed E-state index contributed by atoms with van der Waals surface area (Å²) in [7, 11) is 0. The van der Waals surface area contributed by atoms with Crippen LogP contribution in [0.25, 0.3) is 0 Å². The van der Waals surface area contributed by atoms with E-state index in [0.29, 0.717) is 23.7 Å². The third kappa shape index (κ3) is 4.12. The van der Waals surface area contributed by atoms with Gasteiger partial charge in [-0.15, -0.1) is 0 Å². The molecule has 0 aliphatic heterocycles. The number of carboxylic acids is 1. The van der Waals surface area contributed by atoms with E-state index in [4.69, 9.17) is 5.26 Å². The molecule has 0 spiro atoms. The fourth-order valence-electron chi connectivity index (χ4n) is 3.99. The van der Waals surface area contributed by atoms with Crippen LogP contribution in [-0.4, -0.2) is 17.1 Å². The van der Waals surface area contributed by atoms with Crippen molar-refractivity contribution in [2.75, 3.05) is 10.6 Å². The summed E-state index contributed by atoms with van der Waals surface area (Å²) < 4.78 is 0. The van der Waals surface area contributed by atoms with E-state index in [9.17, 15) is 9.90 Å². The van der Waals surface area contributed by atoms with Crippen molar-refractivity contribution in [1.29, 1.82) is 5.26 Å². The summed E-state index contributed by atoms with van der Waals surface area (Å²) >= 11 is 0. The van der Waals surface area contributed by atoms with Crippen LogP contribution in [0, 0.1) is 18.3 Å². The Labute approximate surface area is 166 Å². The van der Waals surface area contributed by atoms with Crippen LogP contribution in [0.5, 0.6) is 0 Å². The third-order valence-corrected chi connectivity index (χ3v) is 5.56. The minimum atomic E-state index is -1.24. The van der Waals surface area contributed by atoms with Gasteiger partial charge in [0.15, 0.2) is 5.54 Å². The van der Waals surface area contributed by atoms with Crippen LogP contribution in [0.3, 0.4) is 0 Å². The van der Waals surface area contributed by atoms with E-state index >= 15 is 0 Å². The second-order valence-electron chi connectivity index (χ2n) is 7.59. The molecule has 0 radical (unpaired) electrons. The Bertz CT molecular complexity index is 880. The summed E-state index contributed by atoms with van der Waals surface area (Å²) in [6, 6.07) is 15.4. The topological polar surface area (TPSA) is 85.2 Å². The van der Waals surface area contributed by atoms with Crippen molar-refractivity contribution in [2.24, 2.45) is 0 Å². The molecule has 0 aromatic heterocycles. The zero-order valence-corrected chi connectivity index (χ0v) is 16.5. The summed E-state index contributed by atoms with van der Waals surface area (Å²) in [5.41, 5.74) is 2.71. The van der Waals surface area contributed by atoms with E-state index in [1.54, 1.807) is 24.3 Å². The number of aryl methyl sites for hydroxylation is 1. The minimum absolute atomic E-state index is 0.384. The van der Waals surface area contributed by atoms with Gasteiger partial charge < -0.3 is 15.7 Å². The first-order valence-electron chi connectivity index (χ1n) is 9.87. The van der Waals surface area contributed by atoms with Gasteiger partial charge >= 0.3 is 5.97 Å². The zero-order chi connectivity index (χ0) is 20.1. The lowest BCUT2D eigenvalue weighted by Gasteiger charge is -2.32. The van der Waals surface area contributed by atoms with Crippen LogP contribution in [0.15, 0.2) is 42.5 Å². The Morgan fingerprint density at radius 1 is 1.18 bits per heavy atom. The van der Waals surface area contributed by atoms with Gasteiger partial charge in [-0.05, 0) is 73.7 Å². The molecule has 5 nitrogen and oxygen atoms in total. The van der Waals surface area contributed by atoms with E-state index in [0.717, 1.165) is 29.7 Å². The van der Waals surface area contributed by atoms with Crippen molar-refractivity contribution in [3.63, 3.8) is 0 Å². The van der Waals surface area contributed by atoms with E-state index in [-0.39, 0.29) is 0 Å². The Balaban J connectivity index is 1.96. The number of carboxylic acid groups (broad SMARTS) is 1. The molecule has 3 N–H and O–H groups in total. The van der Waals surface area contributed by atoms with Crippen LogP contribution >= 0.6 is 0 Å². The fourth-order valence-corrected chi connectivity index (χ4v) is 3.99. The lowest BCUT2D eigenvalue weighted by molar-refractivity contribution is -0.142. The number of nitriles is 1. The highest BCUT2D eigenvalue weighted by Gasteiger charge is 2.39. The summed E-state index contributed by atoms with van der Waals surface area (Å²) in [5, 5.41) is 26.0. The molecule has 0 heterocycles. The summed E-state index contributed by atoms with van der Waals surface area (Å²) in [4.78, 5) is 12.4. The highest BCUT2D eigenvalue weighted by atomic mass is 16.4. The summed E-state index contributed by atoms with van der Waals surface area (Å²) in [6.07, 6.45) is 5.18. The Hall–Kier alpha value is -3.00. The highest BCUT2D eigenvalue weighted by molar-refractivity contribution is 5.85. The van der Waals surface area contributed by atoms with Crippen LogP contribution < -0.4 is 10.6 Å². The number of aliphatic carboxylic acids is 1. The van der Waals surface area contributed by atoms with Gasteiger partial charge in [-0.2, -0.15) is 5.26 Å². The van der Waals surface area contributed by atoms with E-state index in [1.807, 2.05) is 26.0 Å². The monoisotopic (exact) mass is 377 g/mol. The van der Waals surface area contributed by atoms with Crippen molar-refractivity contribution in [3.8, 4) is 6.07 Å². The molecule has 1 fully saturated rings. The van der Waals surface area contributed by atoms with E-state index in [1.165, 1.54) is 12.8 Å². The first kappa shape index (κ1) is 19.8. The van der Waals surface area contributed by atoms with Gasteiger partial charge in [0, 0.05) is 17.4 Å². The summed E-state index contributed by atoms with van der Waals surface area (Å²) in [6.45, 7) is 3.87. The van der Waals surface area contributed by atoms with Crippen molar-refractivity contribution in [1.82, 2.24) is 0 Å². The van der Waals surface area contributed by atoms with Gasteiger partial charge in [0.05, 0.1) is 11.6 Å². The lowest BCUT2D eigenvalue weighted by Crippen LogP contribution is -2.43. The fraction of sp³-hybridized carbons (Fsp3) is 0.391. The number of rotatable bonds is 7. The van der Waals surface area contributed by atoms with Gasteiger partial charge in [0.25, 0.3) is 0 Å². The second kappa shape index (κ2) is 8.35. The largest absolute Gasteiger partial charge is 0.479 e. The predicted octanol–water partition coefficient (Wildman–Crippen LogP) is 5.02. The lowest BCUT2D eigenvalue weighted by atomic mass is 9.85. The molecule has 3 rings (SSSR count). The SMILES string of the molecule is CCC(Nc1ccc(C#N)cc1)(C(=O)O)c1cc(C)cc(NC2CCCC2)c1. The smallest absolute Gasteiger partial charge is 0.334 e. The van der Waals surface area contributed by atoms with Crippen LogP contribution in [-0.2, 0) is 10.3 Å². The maximum atomic E-state index is 12.4. The van der Waals surface area contributed by atoms with Gasteiger partial charge in [-0.1, -0.05) is 25.8 Å². The molecule has 1 aliphatic rings. The standard InChI is InChI=1S/C23H27N3O2/c1-3-23(22(27)28,26-20-10-8-17(15-24)9-11-20)18-12-16(2)13-21(14-18)25-19-6-4-5-7-19/h8-14,19,25-26H,3-7H2,1-2H3,(H,27,28). The van der Waals surface area contributed by atoms with Crippen molar-refractivity contribution in [2.45, 2.75) is 57.5 Å². The average Bonchev–Trinajstić information content (AvgIpc) is 3.19. The molecule has 28 heavy (non-hydrogen) atoms. The van der Waals surface area contributed by atoms with Crippen LogP contribution in [0.4, 0.5) is 11.4 Å². The average molecular weight is 377 g/mol. The second-order valence-corrected chi connectivity index (χ2v) is 7.59. The predicted molar refractivity (Wildman–Crippen MR) is 111 cm³/mol. The van der Waals surface area contributed by atoms with Gasteiger partial charge in [-0.25, -0.2) is 4.79 Å². The molecule has 2 aromatic carbocycles. The van der Waals surface area contributed by atoms with Crippen molar-refractivity contribution in [3.05, 3.63) is 59.2 Å². The molecule has 2 aromatic rings. The molecule has 1 atom stereocenters. The van der Waals surface area contributed by atoms with Gasteiger partial charge in [-0.3, -0.25) is 0 Å². The molecular weight excluding hydrogens is 350 g/mol. The molecule has 5 heteroatoms. The molecule has 1 saturated carbocycles. The number of nitrogens with zero attached hydrogens (tertiary/aromatic N) is 1. The maximum Gasteiger partial charge on any atom is 0.334 e. The molecule has 146 valence electrons. The third-order valence-electron chi connectivity index (χ3n) is 5.56. The number of carbonyl (C=O) groups is 1. The number of nitrogens with one attached hydrogen (secondary N) is 2. The normalized spacial score (nSPS) is 16.2. The molecule has 0 bridgehead atoms.